The summed E-state index contributed by atoms with van der Waals surface area (Å²) in [6.07, 6.45) is 11.5. The maximum Gasteiger partial charge on any atom is 0 e. The molecular weight excluding hydrogens is 120 g/mol. The second-order valence-corrected chi connectivity index (χ2v) is 3.12. The Morgan fingerprint density at radius 2 is 0.900 bits per heavy atom. The zero-order valence-electron chi connectivity index (χ0n) is 7.66. The van der Waals surface area contributed by atoms with Gasteiger partial charge in [0.1, 0.15) is 0 Å². The Morgan fingerprint density at radius 3 is 1.20 bits per heavy atom. The number of hydrogen-bond acceptors (Lipinski definition) is 0. The first-order chi connectivity index (χ1) is 4.91. The maximum absolute atomic E-state index is 2.27. The molecule has 0 aromatic heterocycles. The molecule has 0 spiro atoms. The van der Waals surface area contributed by atoms with Crippen molar-refractivity contribution in [1.29, 1.82) is 0 Å². The van der Waals surface area contributed by atoms with Crippen LogP contribution >= 0.6 is 0 Å². The fraction of sp³-hybridized carbons (Fsp3) is 1.00. The molecule has 0 N–H and O–H groups in total. The van der Waals surface area contributed by atoms with Crippen molar-refractivity contribution in [3.63, 3.8) is 0 Å². The van der Waals surface area contributed by atoms with Crippen LogP contribution in [0.15, 0.2) is 0 Å². The van der Waals surface area contributed by atoms with Crippen molar-refractivity contribution in [3.8, 4) is 0 Å². The molecule has 0 saturated carbocycles. The molecule has 10 heavy (non-hydrogen) atoms. The molecule has 0 nitrogen and oxygen atoms in total. The van der Waals surface area contributed by atoms with E-state index in [0.717, 1.165) is 0 Å². The molecule has 0 amide bonds. The zero-order chi connectivity index (χ0) is 7.66. The molecule has 0 aliphatic heterocycles. The zero-order valence-corrected chi connectivity index (χ0v) is 7.66. The van der Waals surface area contributed by atoms with Gasteiger partial charge >= 0.3 is 0 Å². The van der Waals surface area contributed by atoms with Gasteiger partial charge in [0.2, 0.25) is 0 Å². The van der Waals surface area contributed by atoms with E-state index in [1.165, 1.54) is 51.4 Å². The van der Waals surface area contributed by atoms with Crippen LogP contribution < -0.4 is 0 Å². The highest BCUT2D eigenvalue weighted by molar-refractivity contribution is 4.43. The highest BCUT2D eigenvalue weighted by Gasteiger charge is 1.87. The second kappa shape index (κ2) is 9.00. The first kappa shape index (κ1) is 10.0. The Bertz CT molecular complexity index is 44.8. The van der Waals surface area contributed by atoms with E-state index in [9.17, 15) is 0 Å². The molecule has 0 atom stereocenters. The third kappa shape index (κ3) is 8.00. The van der Waals surface area contributed by atoms with Gasteiger partial charge in [0.25, 0.3) is 0 Å². The number of hydrogen-bond donors (Lipinski definition) is 0. The summed E-state index contributed by atoms with van der Waals surface area (Å²) in [6.45, 7) is 4.54. The monoisotopic (exact) mass is 144 g/mol. The highest BCUT2D eigenvalue weighted by atomic mass is 13.9. The Hall–Kier alpha value is 0. The molecule has 0 aliphatic rings. The molecule has 0 aromatic rings. The van der Waals surface area contributed by atoms with Gasteiger partial charge in [-0.05, 0) is 0 Å². The largest absolute Gasteiger partial charge is 0.0654 e. The standard InChI is InChI=1S/C10H22.H2/c1-3-5-7-9-10-8-6-4-2;/h3-10H2,1-2H3;1H. The summed E-state index contributed by atoms with van der Waals surface area (Å²) in [5, 5.41) is 0. The van der Waals surface area contributed by atoms with Gasteiger partial charge in [0, 0.05) is 1.43 Å². The van der Waals surface area contributed by atoms with E-state index in [2.05, 4.69) is 13.8 Å². The summed E-state index contributed by atoms with van der Waals surface area (Å²) < 4.78 is 0. The fourth-order valence-corrected chi connectivity index (χ4v) is 1.21. The molecule has 0 rings (SSSR count). The topological polar surface area (TPSA) is 0 Å². The van der Waals surface area contributed by atoms with E-state index in [-0.39, 0.29) is 1.43 Å². The molecule has 0 heteroatoms. The van der Waals surface area contributed by atoms with E-state index in [1.54, 1.807) is 0 Å². The fourth-order valence-electron chi connectivity index (χ4n) is 1.21. The average molecular weight is 144 g/mol. The third-order valence-corrected chi connectivity index (χ3v) is 1.96. The molecule has 0 bridgehead atoms. The Kier molecular flexibility index (Phi) is 9.00. The van der Waals surface area contributed by atoms with E-state index < -0.39 is 0 Å². The Labute approximate surface area is 67.5 Å². The van der Waals surface area contributed by atoms with Gasteiger partial charge in [-0.25, -0.2) is 0 Å². The summed E-state index contributed by atoms with van der Waals surface area (Å²) in [5.41, 5.74) is 0. The van der Waals surface area contributed by atoms with Gasteiger partial charge in [-0.2, -0.15) is 0 Å². The van der Waals surface area contributed by atoms with Gasteiger partial charge in [0.15, 0.2) is 0 Å². The van der Waals surface area contributed by atoms with Crippen LogP contribution in [-0.4, -0.2) is 0 Å². The van der Waals surface area contributed by atoms with Gasteiger partial charge in [-0.1, -0.05) is 65.2 Å². The van der Waals surface area contributed by atoms with Crippen molar-refractivity contribution in [2.45, 2.75) is 65.2 Å². The average Bonchev–Trinajstić information content (AvgIpc) is 1.97. The van der Waals surface area contributed by atoms with Crippen LogP contribution in [0.3, 0.4) is 0 Å². The quantitative estimate of drug-likeness (QED) is 0.465. The minimum atomic E-state index is 0. The predicted molar refractivity (Wildman–Crippen MR) is 50.4 cm³/mol. The normalized spacial score (nSPS) is 10.2. The molecule has 0 aliphatic carbocycles. The van der Waals surface area contributed by atoms with Crippen LogP contribution in [0.4, 0.5) is 0 Å². The van der Waals surface area contributed by atoms with E-state index in [1.807, 2.05) is 0 Å². The lowest BCUT2D eigenvalue weighted by molar-refractivity contribution is 0.585. The minimum Gasteiger partial charge on any atom is -0.0654 e. The molecule has 0 saturated heterocycles. The molecule has 64 valence electrons. The van der Waals surface area contributed by atoms with Crippen molar-refractivity contribution in [1.82, 2.24) is 0 Å². The SMILES string of the molecule is CCCCCCCCCC.[HH]. The van der Waals surface area contributed by atoms with E-state index >= 15 is 0 Å². The molecule has 0 radical (unpaired) electrons. The maximum atomic E-state index is 2.27. The van der Waals surface area contributed by atoms with Crippen LogP contribution in [0, 0.1) is 0 Å². The molecule has 0 fully saturated rings. The van der Waals surface area contributed by atoms with Gasteiger partial charge in [-0.3, -0.25) is 0 Å². The smallest absolute Gasteiger partial charge is 0 e. The first-order valence-corrected chi connectivity index (χ1v) is 4.91. The van der Waals surface area contributed by atoms with Gasteiger partial charge in [0.05, 0.1) is 0 Å². The molecule has 0 aromatic carbocycles. The van der Waals surface area contributed by atoms with Crippen molar-refractivity contribution in [2.75, 3.05) is 0 Å². The van der Waals surface area contributed by atoms with Crippen molar-refractivity contribution < 1.29 is 1.43 Å². The summed E-state index contributed by atoms with van der Waals surface area (Å²) in [4.78, 5) is 0. The lowest BCUT2D eigenvalue weighted by atomic mass is 10.1. The van der Waals surface area contributed by atoms with Crippen LogP contribution in [0.5, 0.6) is 0 Å². The van der Waals surface area contributed by atoms with Crippen molar-refractivity contribution in [2.24, 2.45) is 0 Å². The molecular formula is C10H24. The van der Waals surface area contributed by atoms with Crippen LogP contribution in [0.2, 0.25) is 0 Å². The van der Waals surface area contributed by atoms with Gasteiger partial charge in [-0.15, -0.1) is 0 Å². The Morgan fingerprint density at radius 1 is 0.600 bits per heavy atom. The number of rotatable bonds is 7. The number of unbranched alkanes of at least 4 members (excludes halogenated alkanes) is 7. The second-order valence-electron chi connectivity index (χ2n) is 3.12. The summed E-state index contributed by atoms with van der Waals surface area (Å²) in [7, 11) is 0. The lowest BCUT2D eigenvalue weighted by Gasteiger charge is -1.97. The summed E-state index contributed by atoms with van der Waals surface area (Å²) in [5.74, 6) is 0. The van der Waals surface area contributed by atoms with Gasteiger partial charge < -0.3 is 0 Å². The Balaban J connectivity index is 0. The van der Waals surface area contributed by atoms with Crippen molar-refractivity contribution in [3.05, 3.63) is 0 Å². The first-order valence-electron chi connectivity index (χ1n) is 4.91. The van der Waals surface area contributed by atoms with E-state index in [0.29, 0.717) is 0 Å². The lowest BCUT2D eigenvalue weighted by Crippen LogP contribution is -1.77. The summed E-state index contributed by atoms with van der Waals surface area (Å²) >= 11 is 0. The third-order valence-electron chi connectivity index (χ3n) is 1.96. The highest BCUT2D eigenvalue weighted by Crippen LogP contribution is 2.07. The van der Waals surface area contributed by atoms with Crippen LogP contribution in [0.25, 0.3) is 0 Å². The molecule has 0 heterocycles. The molecule has 0 unspecified atom stereocenters. The minimum absolute atomic E-state index is 0. The van der Waals surface area contributed by atoms with Crippen LogP contribution in [-0.2, 0) is 0 Å². The van der Waals surface area contributed by atoms with Crippen LogP contribution in [0.1, 0.15) is 66.6 Å². The predicted octanol–water partition coefficient (Wildman–Crippen LogP) is 4.39. The van der Waals surface area contributed by atoms with E-state index in [4.69, 9.17) is 0 Å². The van der Waals surface area contributed by atoms with Crippen molar-refractivity contribution >= 4 is 0 Å². The summed E-state index contributed by atoms with van der Waals surface area (Å²) in [6, 6.07) is 0.